The van der Waals surface area contributed by atoms with Gasteiger partial charge in [0.25, 0.3) is 5.69 Å². The molecule has 0 radical (unpaired) electrons. The van der Waals surface area contributed by atoms with Crippen molar-refractivity contribution in [3.8, 4) is 0 Å². The first-order valence-corrected chi connectivity index (χ1v) is 4.90. The van der Waals surface area contributed by atoms with Crippen molar-refractivity contribution in [2.24, 2.45) is 0 Å². The number of nitrogen functional groups attached to an aromatic ring is 1. The topological polar surface area (TPSA) is 124 Å². The summed E-state index contributed by atoms with van der Waals surface area (Å²) in [6.07, 6.45) is -6.50. The molecule has 0 unspecified atom stereocenters. The van der Waals surface area contributed by atoms with Crippen LogP contribution in [-0.2, 0) is 6.18 Å². The molecule has 1 aromatic heterocycles. The fourth-order valence-electron chi connectivity index (χ4n) is 1.64. The molecule has 0 amide bonds. The molecule has 0 spiro atoms. The van der Waals surface area contributed by atoms with Gasteiger partial charge >= 0.3 is 12.3 Å². The van der Waals surface area contributed by atoms with Crippen LogP contribution in [0.3, 0.4) is 0 Å². The summed E-state index contributed by atoms with van der Waals surface area (Å²) in [5.74, 6) is -0.623. The van der Waals surface area contributed by atoms with Gasteiger partial charge in [0.2, 0.25) is 0 Å². The highest BCUT2D eigenvalue weighted by molar-refractivity contribution is 5.98. The van der Waals surface area contributed by atoms with Crippen LogP contribution in [0.1, 0.15) is 5.56 Å². The minimum atomic E-state index is -4.84. The van der Waals surface area contributed by atoms with Gasteiger partial charge in [-0.15, -0.1) is 4.68 Å². The first-order valence-electron chi connectivity index (χ1n) is 4.90. The number of nitro groups is 1. The Morgan fingerprint density at radius 1 is 1.45 bits per heavy atom. The first kappa shape index (κ1) is 13.6. The van der Waals surface area contributed by atoms with Crippen LogP contribution in [0.5, 0.6) is 0 Å². The lowest BCUT2D eigenvalue weighted by atomic mass is 10.1. The molecule has 0 aliphatic rings. The number of fused-ring (bicyclic) bond motifs is 1. The Morgan fingerprint density at radius 3 is 2.50 bits per heavy atom. The van der Waals surface area contributed by atoms with Gasteiger partial charge in [-0.1, -0.05) is 0 Å². The summed E-state index contributed by atoms with van der Waals surface area (Å²) in [4.78, 5) is 20.5. The maximum absolute atomic E-state index is 12.6. The number of rotatable bonds is 1. The fraction of sp³-hybridized carbons (Fsp3) is 0.111. The normalized spacial score (nSPS) is 11.8. The van der Waals surface area contributed by atoms with E-state index >= 15 is 0 Å². The molecule has 1 heterocycles. The molecule has 0 atom stereocenters. The number of nitrogens with two attached hydrogens (primary N) is 1. The number of nitro benzene ring substituents is 1. The van der Waals surface area contributed by atoms with E-state index in [9.17, 15) is 28.1 Å². The number of carbonyl (C=O) groups is 1. The van der Waals surface area contributed by atoms with Gasteiger partial charge in [-0.3, -0.25) is 10.1 Å². The van der Waals surface area contributed by atoms with E-state index in [1.54, 1.807) is 0 Å². The molecule has 1 aromatic carbocycles. The molecule has 20 heavy (non-hydrogen) atoms. The summed E-state index contributed by atoms with van der Waals surface area (Å²) >= 11 is 0. The molecule has 0 saturated heterocycles. The zero-order chi connectivity index (χ0) is 15.2. The predicted octanol–water partition coefficient (Wildman–Crippen LogP) is 2.07. The Labute approximate surface area is 107 Å². The Balaban J connectivity index is 2.90. The summed E-state index contributed by atoms with van der Waals surface area (Å²) in [5.41, 5.74) is 2.54. The lowest BCUT2D eigenvalue weighted by molar-refractivity contribution is -0.383. The SMILES string of the molecule is Nc1c2cc(C(F)(F)F)cc([N+](=O)[O-])c2nn1C(=O)O. The van der Waals surface area contributed by atoms with Crippen molar-refractivity contribution in [2.45, 2.75) is 6.18 Å². The summed E-state index contributed by atoms with van der Waals surface area (Å²) in [6.45, 7) is 0. The molecule has 0 fully saturated rings. The van der Waals surface area contributed by atoms with Crippen molar-refractivity contribution in [2.75, 3.05) is 5.73 Å². The lowest BCUT2D eigenvalue weighted by Gasteiger charge is -2.06. The van der Waals surface area contributed by atoms with Crippen LogP contribution in [0.2, 0.25) is 0 Å². The third-order valence-electron chi connectivity index (χ3n) is 2.50. The van der Waals surface area contributed by atoms with Crippen molar-refractivity contribution in [3.63, 3.8) is 0 Å². The number of aromatic nitrogens is 2. The number of non-ortho nitro benzene ring substituents is 1. The number of benzene rings is 1. The maximum Gasteiger partial charge on any atom is 0.434 e. The molecule has 2 aromatic rings. The molecular formula is C9H5F3N4O4. The zero-order valence-corrected chi connectivity index (χ0v) is 9.38. The van der Waals surface area contributed by atoms with E-state index in [1.165, 1.54) is 0 Å². The second-order valence-electron chi connectivity index (χ2n) is 3.73. The van der Waals surface area contributed by atoms with Crippen LogP contribution in [-0.4, -0.2) is 25.9 Å². The Morgan fingerprint density at radius 2 is 2.05 bits per heavy atom. The van der Waals surface area contributed by atoms with Crippen molar-refractivity contribution in [1.82, 2.24) is 9.78 Å². The monoisotopic (exact) mass is 290 g/mol. The van der Waals surface area contributed by atoms with Crippen LogP contribution in [0, 0.1) is 10.1 Å². The van der Waals surface area contributed by atoms with E-state index in [0.29, 0.717) is 6.07 Å². The standard InChI is InChI=1S/C9H5F3N4O4/c10-9(11,12)3-1-4-6(5(2-3)16(19)20)14-15(7(4)13)8(17)18/h1-2H,13H2,(H,17,18). The molecule has 2 rings (SSSR count). The van der Waals surface area contributed by atoms with Gasteiger partial charge in [0, 0.05) is 6.07 Å². The maximum atomic E-state index is 12.6. The minimum Gasteiger partial charge on any atom is -0.463 e. The highest BCUT2D eigenvalue weighted by atomic mass is 19.4. The number of hydrogen-bond donors (Lipinski definition) is 2. The highest BCUT2D eigenvalue weighted by Crippen LogP contribution is 2.37. The second kappa shape index (κ2) is 4.08. The van der Waals surface area contributed by atoms with Crippen molar-refractivity contribution >= 4 is 28.5 Å². The van der Waals surface area contributed by atoms with E-state index in [2.05, 4.69) is 5.10 Å². The largest absolute Gasteiger partial charge is 0.463 e. The van der Waals surface area contributed by atoms with Gasteiger partial charge < -0.3 is 10.8 Å². The van der Waals surface area contributed by atoms with Crippen LogP contribution >= 0.6 is 0 Å². The summed E-state index contributed by atoms with van der Waals surface area (Å²) in [6, 6.07) is 0.797. The quantitative estimate of drug-likeness (QED) is 0.611. The molecule has 106 valence electrons. The lowest BCUT2D eigenvalue weighted by Crippen LogP contribution is -2.12. The molecule has 0 saturated carbocycles. The number of anilines is 1. The second-order valence-corrected chi connectivity index (χ2v) is 3.73. The van der Waals surface area contributed by atoms with E-state index < -0.39 is 45.2 Å². The molecule has 3 N–H and O–H groups in total. The number of nitrogens with zero attached hydrogens (tertiary/aromatic N) is 3. The van der Waals surface area contributed by atoms with E-state index in [1.807, 2.05) is 0 Å². The third kappa shape index (κ3) is 1.98. The number of carboxylic acid groups (broad SMARTS) is 1. The Bertz CT molecular complexity index is 737. The molecular weight excluding hydrogens is 285 g/mol. The zero-order valence-electron chi connectivity index (χ0n) is 9.38. The molecule has 0 bridgehead atoms. The van der Waals surface area contributed by atoms with Gasteiger partial charge in [-0.2, -0.15) is 18.3 Å². The third-order valence-corrected chi connectivity index (χ3v) is 2.50. The van der Waals surface area contributed by atoms with E-state index in [-0.39, 0.29) is 10.7 Å². The number of hydrogen-bond acceptors (Lipinski definition) is 5. The van der Waals surface area contributed by atoms with Gasteiger partial charge in [0.05, 0.1) is 15.9 Å². The Hall–Kier alpha value is -2.85. The minimum absolute atomic E-state index is 0.178. The first-order chi connectivity index (χ1) is 9.12. The summed E-state index contributed by atoms with van der Waals surface area (Å²) in [5, 5.41) is 22.4. The summed E-state index contributed by atoms with van der Waals surface area (Å²) < 4.78 is 38.1. The van der Waals surface area contributed by atoms with Gasteiger partial charge in [-0.25, -0.2) is 4.79 Å². The average Bonchev–Trinajstić information content (AvgIpc) is 2.64. The van der Waals surface area contributed by atoms with Crippen LogP contribution in [0.4, 0.5) is 29.5 Å². The van der Waals surface area contributed by atoms with Crippen LogP contribution in [0.25, 0.3) is 10.9 Å². The van der Waals surface area contributed by atoms with Crippen molar-refractivity contribution in [1.29, 1.82) is 0 Å². The molecule has 0 aliphatic carbocycles. The molecule has 11 heteroatoms. The molecule has 0 aliphatic heterocycles. The number of halogens is 3. The van der Waals surface area contributed by atoms with E-state index in [0.717, 1.165) is 0 Å². The molecule has 8 nitrogen and oxygen atoms in total. The van der Waals surface area contributed by atoms with Gasteiger partial charge in [-0.05, 0) is 6.07 Å². The van der Waals surface area contributed by atoms with Crippen LogP contribution < -0.4 is 5.73 Å². The van der Waals surface area contributed by atoms with Crippen molar-refractivity contribution in [3.05, 3.63) is 27.8 Å². The summed E-state index contributed by atoms with van der Waals surface area (Å²) in [7, 11) is 0. The van der Waals surface area contributed by atoms with Crippen molar-refractivity contribution < 1.29 is 28.0 Å². The predicted molar refractivity (Wildman–Crippen MR) is 59.2 cm³/mol. The Kier molecular flexibility index (Phi) is 2.77. The van der Waals surface area contributed by atoms with Gasteiger partial charge in [0.15, 0.2) is 5.52 Å². The van der Waals surface area contributed by atoms with E-state index in [4.69, 9.17) is 10.8 Å². The van der Waals surface area contributed by atoms with Crippen LogP contribution in [0.15, 0.2) is 12.1 Å². The highest BCUT2D eigenvalue weighted by Gasteiger charge is 2.35. The number of alkyl halides is 3. The fourth-order valence-corrected chi connectivity index (χ4v) is 1.64. The van der Waals surface area contributed by atoms with Gasteiger partial charge in [0.1, 0.15) is 5.82 Å². The average molecular weight is 290 g/mol. The smallest absolute Gasteiger partial charge is 0.434 e.